The lowest BCUT2D eigenvalue weighted by atomic mass is 10.1. The molecule has 0 radical (unpaired) electrons. The van der Waals surface area contributed by atoms with Crippen molar-refractivity contribution >= 4 is 15.9 Å². The summed E-state index contributed by atoms with van der Waals surface area (Å²) in [5.74, 6) is 1.12. The van der Waals surface area contributed by atoms with Crippen molar-refractivity contribution in [1.29, 1.82) is 0 Å². The number of likely N-dealkylation sites (N-methyl/N-ethyl adjacent to an activating group) is 2. The van der Waals surface area contributed by atoms with E-state index in [1.54, 1.807) is 0 Å². The number of ether oxygens (including phenoxy) is 1. The molecule has 1 aromatic carbocycles. The average molecular weight is 327 g/mol. The number of fused-ring (bicyclic) bond motifs is 1. The molecule has 1 aliphatic rings. The Kier molecular flexibility index (Phi) is 5.67. The summed E-state index contributed by atoms with van der Waals surface area (Å²) in [6, 6.07) is 4.38. The van der Waals surface area contributed by atoms with Crippen molar-refractivity contribution in [2.45, 2.75) is 26.8 Å². The lowest BCUT2D eigenvalue weighted by molar-refractivity contribution is 0.272. The Hall–Kier alpha value is -0.580. The third kappa shape index (κ3) is 3.94. The molecule has 0 fully saturated rings. The van der Waals surface area contributed by atoms with Gasteiger partial charge in [0.05, 0.1) is 6.61 Å². The van der Waals surface area contributed by atoms with Gasteiger partial charge in [-0.3, -0.25) is 4.90 Å². The maximum absolute atomic E-state index is 5.79. The second kappa shape index (κ2) is 7.27. The number of benzene rings is 1. The smallest absolute Gasteiger partial charge is 0.127 e. The average Bonchev–Trinajstić information content (AvgIpc) is 2.85. The molecule has 0 bridgehead atoms. The van der Waals surface area contributed by atoms with Crippen LogP contribution < -0.4 is 10.1 Å². The van der Waals surface area contributed by atoms with Gasteiger partial charge < -0.3 is 10.1 Å². The summed E-state index contributed by atoms with van der Waals surface area (Å²) in [7, 11) is 0. The number of hydrogen-bond donors (Lipinski definition) is 1. The van der Waals surface area contributed by atoms with Crippen LogP contribution in [0.4, 0.5) is 0 Å². The first-order valence-electron chi connectivity index (χ1n) is 7.11. The van der Waals surface area contributed by atoms with Gasteiger partial charge in [-0.2, -0.15) is 0 Å². The van der Waals surface area contributed by atoms with E-state index in [2.05, 4.69) is 52.1 Å². The van der Waals surface area contributed by atoms with Crippen LogP contribution in [0.3, 0.4) is 0 Å². The van der Waals surface area contributed by atoms with Gasteiger partial charge in [-0.1, -0.05) is 29.8 Å². The van der Waals surface area contributed by atoms with Gasteiger partial charge in [-0.15, -0.1) is 0 Å². The maximum atomic E-state index is 5.79. The summed E-state index contributed by atoms with van der Waals surface area (Å²) in [4.78, 5) is 2.45. The van der Waals surface area contributed by atoms with Crippen LogP contribution in [-0.2, 0) is 13.0 Å². The molecule has 3 nitrogen and oxygen atoms in total. The largest absolute Gasteiger partial charge is 0.493 e. The highest BCUT2D eigenvalue weighted by Gasteiger charge is 2.18. The highest BCUT2D eigenvalue weighted by molar-refractivity contribution is 9.10. The molecule has 1 N–H and O–H groups in total. The zero-order valence-electron chi connectivity index (χ0n) is 11.8. The Morgan fingerprint density at radius 3 is 2.95 bits per heavy atom. The summed E-state index contributed by atoms with van der Waals surface area (Å²) in [6.45, 7) is 10.4. The first-order valence-corrected chi connectivity index (χ1v) is 7.91. The second-order valence-electron chi connectivity index (χ2n) is 4.87. The quantitative estimate of drug-likeness (QED) is 0.780. The van der Waals surface area contributed by atoms with E-state index in [9.17, 15) is 0 Å². The van der Waals surface area contributed by atoms with Gasteiger partial charge in [-0.25, -0.2) is 0 Å². The molecule has 1 aromatic rings. The molecule has 0 unspecified atom stereocenters. The molecule has 2 rings (SSSR count). The van der Waals surface area contributed by atoms with Crippen LogP contribution in [-0.4, -0.2) is 37.7 Å². The van der Waals surface area contributed by atoms with E-state index in [-0.39, 0.29) is 0 Å². The van der Waals surface area contributed by atoms with E-state index in [0.29, 0.717) is 0 Å². The molecule has 0 spiro atoms. The van der Waals surface area contributed by atoms with E-state index in [4.69, 9.17) is 4.74 Å². The molecule has 1 heterocycles. The van der Waals surface area contributed by atoms with Crippen LogP contribution >= 0.6 is 15.9 Å². The van der Waals surface area contributed by atoms with Crippen LogP contribution in [0.1, 0.15) is 25.0 Å². The van der Waals surface area contributed by atoms with Crippen LogP contribution in [0.25, 0.3) is 0 Å². The fourth-order valence-electron chi connectivity index (χ4n) is 2.47. The molecule has 4 heteroatoms. The van der Waals surface area contributed by atoms with E-state index >= 15 is 0 Å². The van der Waals surface area contributed by atoms with Gasteiger partial charge >= 0.3 is 0 Å². The molecule has 0 aliphatic carbocycles. The third-order valence-electron chi connectivity index (χ3n) is 3.52. The van der Waals surface area contributed by atoms with E-state index in [0.717, 1.165) is 56.0 Å². The lowest BCUT2D eigenvalue weighted by Gasteiger charge is -2.22. The summed E-state index contributed by atoms with van der Waals surface area (Å²) in [5, 5.41) is 3.38. The Labute approximate surface area is 124 Å². The van der Waals surface area contributed by atoms with Crippen LogP contribution in [0.5, 0.6) is 5.75 Å². The van der Waals surface area contributed by atoms with E-state index in [1.165, 1.54) is 11.1 Å². The SMILES string of the molecule is CCNCCN(CC)Cc1cc(Br)cc2c1OCC2. The Morgan fingerprint density at radius 2 is 2.21 bits per heavy atom. The standard InChI is InChI=1S/C15H23BrN2O/c1-3-17-6-7-18(4-2)11-13-10-14(16)9-12-5-8-19-15(12)13/h9-10,17H,3-8,11H2,1-2H3. The number of rotatable bonds is 7. The summed E-state index contributed by atoms with van der Waals surface area (Å²) < 4.78 is 6.95. The van der Waals surface area contributed by atoms with Crippen LogP contribution in [0.15, 0.2) is 16.6 Å². The molecule has 19 heavy (non-hydrogen) atoms. The van der Waals surface area contributed by atoms with Crippen molar-refractivity contribution in [3.8, 4) is 5.75 Å². The third-order valence-corrected chi connectivity index (χ3v) is 3.98. The number of hydrogen-bond acceptors (Lipinski definition) is 3. The second-order valence-corrected chi connectivity index (χ2v) is 5.79. The monoisotopic (exact) mass is 326 g/mol. The number of halogens is 1. The molecule has 106 valence electrons. The van der Waals surface area contributed by atoms with Crippen molar-refractivity contribution < 1.29 is 4.74 Å². The minimum atomic E-state index is 0.822. The highest BCUT2D eigenvalue weighted by atomic mass is 79.9. The molecular weight excluding hydrogens is 304 g/mol. The molecule has 0 aromatic heterocycles. The molecule has 0 saturated heterocycles. The van der Waals surface area contributed by atoms with Gasteiger partial charge in [0.25, 0.3) is 0 Å². The van der Waals surface area contributed by atoms with Crippen LogP contribution in [0, 0.1) is 0 Å². The Balaban J connectivity index is 2.05. The van der Waals surface area contributed by atoms with Crippen molar-refractivity contribution in [1.82, 2.24) is 10.2 Å². The topological polar surface area (TPSA) is 24.5 Å². The van der Waals surface area contributed by atoms with Crippen molar-refractivity contribution in [2.75, 3.05) is 32.8 Å². The summed E-state index contributed by atoms with van der Waals surface area (Å²) in [5.41, 5.74) is 2.65. The minimum Gasteiger partial charge on any atom is -0.493 e. The zero-order valence-corrected chi connectivity index (χ0v) is 13.4. The lowest BCUT2D eigenvalue weighted by Crippen LogP contribution is -2.31. The minimum absolute atomic E-state index is 0.822. The van der Waals surface area contributed by atoms with Crippen molar-refractivity contribution in [3.63, 3.8) is 0 Å². The number of nitrogens with zero attached hydrogens (tertiary/aromatic N) is 1. The Morgan fingerprint density at radius 1 is 1.37 bits per heavy atom. The van der Waals surface area contributed by atoms with Gasteiger partial charge in [0.15, 0.2) is 0 Å². The maximum Gasteiger partial charge on any atom is 0.127 e. The van der Waals surface area contributed by atoms with E-state index < -0.39 is 0 Å². The normalized spacial score (nSPS) is 13.7. The molecule has 0 atom stereocenters. The molecule has 0 amide bonds. The Bertz CT molecular complexity index is 423. The predicted molar refractivity (Wildman–Crippen MR) is 82.8 cm³/mol. The highest BCUT2D eigenvalue weighted by Crippen LogP contribution is 2.33. The van der Waals surface area contributed by atoms with Crippen molar-refractivity contribution in [3.05, 3.63) is 27.7 Å². The predicted octanol–water partition coefficient (Wildman–Crippen LogP) is 2.82. The van der Waals surface area contributed by atoms with Gasteiger partial charge in [0, 0.05) is 36.1 Å². The fraction of sp³-hybridized carbons (Fsp3) is 0.600. The van der Waals surface area contributed by atoms with Crippen LogP contribution in [0.2, 0.25) is 0 Å². The van der Waals surface area contributed by atoms with Gasteiger partial charge in [-0.05, 0) is 30.8 Å². The fourth-order valence-corrected chi connectivity index (χ4v) is 3.02. The first kappa shape index (κ1) is 14.8. The molecule has 1 aliphatic heterocycles. The summed E-state index contributed by atoms with van der Waals surface area (Å²) in [6.07, 6.45) is 1.03. The molecular formula is C15H23BrN2O. The zero-order chi connectivity index (χ0) is 13.7. The first-order chi connectivity index (χ1) is 9.24. The van der Waals surface area contributed by atoms with Gasteiger partial charge in [0.2, 0.25) is 0 Å². The van der Waals surface area contributed by atoms with Gasteiger partial charge in [0.1, 0.15) is 5.75 Å². The number of nitrogens with one attached hydrogen (secondary N) is 1. The summed E-state index contributed by atoms with van der Waals surface area (Å²) >= 11 is 3.61. The van der Waals surface area contributed by atoms with Crippen molar-refractivity contribution in [2.24, 2.45) is 0 Å². The van der Waals surface area contributed by atoms with E-state index in [1.807, 2.05) is 0 Å². The molecule has 0 saturated carbocycles.